The maximum Gasteiger partial charge on any atom is 0.247 e. The van der Waals surface area contributed by atoms with E-state index in [1.54, 1.807) is 22.9 Å². The van der Waals surface area contributed by atoms with E-state index in [1.807, 2.05) is 18.4 Å². The Kier molecular flexibility index (Phi) is 4.42. The first-order valence-corrected chi connectivity index (χ1v) is 7.42. The molecule has 1 saturated heterocycles. The molecule has 19 heavy (non-hydrogen) atoms. The minimum absolute atomic E-state index is 0.0477. The van der Waals surface area contributed by atoms with Crippen molar-refractivity contribution in [2.45, 2.75) is 30.8 Å². The predicted molar refractivity (Wildman–Crippen MR) is 75.1 cm³/mol. The van der Waals surface area contributed by atoms with Crippen LogP contribution in [0.3, 0.4) is 0 Å². The van der Waals surface area contributed by atoms with Crippen LogP contribution in [0.2, 0.25) is 0 Å². The van der Waals surface area contributed by atoms with Crippen molar-refractivity contribution in [1.29, 1.82) is 0 Å². The number of amides is 2. The van der Waals surface area contributed by atoms with Gasteiger partial charge in [-0.05, 0) is 31.2 Å². The molecule has 0 unspecified atom stereocenters. The summed E-state index contributed by atoms with van der Waals surface area (Å²) < 4.78 is 0. The van der Waals surface area contributed by atoms with E-state index in [0.717, 1.165) is 17.9 Å². The molecule has 1 aromatic heterocycles. The Labute approximate surface area is 116 Å². The van der Waals surface area contributed by atoms with E-state index in [1.165, 1.54) is 6.92 Å². The van der Waals surface area contributed by atoms with Crippen LogP contribution < -0.4 is 5.32 Å². The summed E-state index contributed by atoms with van der Waals surface area (Å²) in [4.78, 5) is 29.4. The van der Waals surface area contributed by atoms with Crippen molar-refractivity contribution in [1.82, 2.24) is 9.88 Å². The molecule has 1 aliphatic heterocycles. The average Bonchev–Trinajstić information content (AvgIpc) is 2.89. The first-order valence-electron chi connectivity index (χ1n) is 6.20. The van der Waals surface area contributed by atoms with Crippen LogP contribution in [0.5, 0.6) is 0 Å². The van der Waals surface area contributed by atoms with Crippen molar-refractivity contribution < 1.29 is 9.59 Å². The van der Waals surface area contributed by atoms with E-state index in [-0.39, 0.29) is 17.9 Å². The Morgan fingerprint density at radius 3 is 2.84 bits per heavy atom. The Balaban J connectivity index is 2.01. The summed E-state index contributed by atoms with van der Waals surface area (Å²) in [5.74, 6) is -0.181. The zero-order valence-electron chi connectivity index (χ0n) is 11.0. The highest BCUT2D eigenvalue weighted by Gasteiger charge is 2.32. The van der Waals surface area contributed by atoms with Crippen molar-refractivity contribution in [2.75, 3.05) is 18.1 Å². The Hall–Kier alpha value is -1.56. The molecule has 1 fully saturated rings. The molecule has 6 heteroatoms. The number of anilines is 1. The summed E-state index contributed by atoms with van der Waals surface area (Å²) in [7, 11) is 0. The number of hydrogen-bond donors (Lipinski definition) is 1. The molecule has 1 aliphatic rings. The third kappa shape index (κ3) is 3.26. The fraction of sp³-hybridized carbons (Fsp3) is 0.462. The van der Waals surface area contributed by atoms with Crippen LogP contribution in [0.1, 0.15) is 19.8 Å². The number of pyridine rings is 1. The highest BCUT2D eigenvalue weighted by Crippen LogP contribution is 2.20. The fourth-order valence-corrected chi connectivity index (χ4v) is 2.58. The number of nitrogens with one attached hydrogen (secondary N) is 1. The van der Waals surface area contributed by atoms with Crippen molar-refractivity contribution in [3.8, 4) is 0 Å². The topological polar surface area (TPSA) is 62.3 Å². The minimum atomic E-state index is -0.349. The molecule has 1 N–H and O–H groups in total. The van der Waals surface area contributed by atoms with Crippen LogP contribution in [0.15, 0.2) is 23.4 Å². The molecule has 0 saturated carbocycles. The van der Waals surface area contributed by atoms with Gasteiger partial charge in [0.25, 0.3) is 0 Å². The van der Waals surface area contributed by atoms with Gasteiger partial charge in [0.2, 0.25) is 11.8 Å². The maximum absolute atomic E-state index is 12.1. The highest BCUT2D eigenvalue weighted by molar-refractivity contribution is 7.98. The number of aromatic nitrogens is 1. The molecule has 0 radical (unpaired) electrons. The number of thioether (sulfide) groups is 1. The van der Waals surface area contributed by atoms with E-state index in [9.17, 15) is 9.59 Å². The monoisotopic (exact) mass is 279 g/mol. The van der Waals surface area contributed by atoms with Crippen LogP contribution in [-0.4, -0.2) is 40.5 Å². The number of carbonyl (C=O) groups is 2. The largest absolute Gasteiger partial charge is 0.331 e. The summed E-state index contributed by atoms with van der Waals surface area (Å²) in [5.41, 5.74) is 0.665. The molecule has 1 atom stereocenters. The Morgan fingerprint density at radius 2 is 2.26 bits per heavy atom. The molecule has 102 valence electrons. The van der Waals surface area contributed by atoms with E-state index >= 15 is 0 Å². The van der Waals surface area contributed by atoms with Gasteiger partial charge in [-0.15, -0.1) is 11.8 Å². The van der Waals surface area contributed by atoms with Gasteiger partial charge in [0.15, 0.2) is 0 Å². The second-order valence-corrected chi connectivity index (χ2v) is 5.28. The second kappa shape index (κ2) is 6.06. The standard InChI is InChI=1S/C13H17N3O2S/c1-9(17)16-7-3-4-11(16)13(18)15-10-5-6-12(19-2)14-8-10/h5-6,8,11H,3-4,7H2,1-2H3,(H,15,18)/t11-/m0/s1. The van der Waals surface area contributed by atoms with Crippen molar-refractivity contribution in [2.24, 2.45) is 0 Å². The van der Waals surface area contributed by atoms with Crippen LogP contribution >= 0.6 is 11.8 Å². The van der Waals surface area contributed by atoms with Gasteiger partial charge in [-0.3, -0.25) is 9.59 Å². The average molecular weight is 279 g/mol. The fourth-order valence-electron chi connectivity index (χ4n) is 2.22. The quantitative estimate of drug-likeness (QED) is 0.856. The molecule has 0 spiro atoms. The van der Waals surface area contributed by atoms with Gasteiger partial charge in [-0.1, -0.05) is 0 Å². The van der Waals surface area contributed by atoms with Crippen molar-refractivity contribution in [3.05, 3.63) is 18.3 Å². The molecule has 0 aromatic carbocycles. The molecular weight excluding hydrogens is 262 g/mol. The summed E-state index contributed by atoms with van der Waals surface area (Å²) in [6.07, 6.45) is 5.18. The number of rotatable bonds is 3. The Morgan fingerprint density at radius 1 is 1.47 bits per heavy atom. The van der Waals surface area contributed by atoms with Crippen LogP contribution in [-0.2, 0) is 9.59 Å². The van der Waals surface area contributed by atoms with Crippen molar-refractivity contribution in [3.63, 3.8) is 0 Å². The van der Waals surface area contributed by atoms with Gasteiger partial charge in [-0.25, -0.2) is 4.98 Å². The number of nitrogens with zero attached hydrogens (tertiary/aromatic N) is 2. The summed E-state index contributed by atoms with van der Waals surface area (Å²) in [6.45, 7) is 2.16. The third-order valence-corrected chi connectivity index (χ3v) is 3.83. The highest BCUT2D eigenvalue weighted by atomic mass is 32.2. The van der Waals surface area contributed by atoms with Gasteiger partial charge >= 0.3 is 0 Å². The van der Waals surface area contributed by atoms with E-state index in [0.29, 0.717) is 12.2 Å². The normalized spacial score (nSPS) is 18.4. The number of hydrogen-bond acceptors (Lipinski definition) is 4. The van der Waals surface area contributed by atoms with Gasteiger partial charge in [0.05, 0.1) is 16.9 Å². The van der Waals surface area contributed by atoms with Gasteiger partial charge in [0, 0.05) is 13.5 Å². The SMILES string of the molecule is CSc1ccc(NC(=O)[C@@H]2CCCN2C(C)=O)cn1. The van der Waals surface area contributed by atoms with E-state index < -0.39 is 0 Å². The van der Waals surface area contributed by atoms with Gasteiger partial charge in [-0.2, -0.15) is 0 Å². The lowest BCUT2D eigenvalue weighted by Crippen LogP contribution is -2.42. The van der Waals surface area contributed by atoms with Crippen LogP contribution in [0, 0.1) is 0 Å². The van der Waals surface area contributed by atoms with E-state index in [2.05, 4.69) is 10.3 Å². The summed E-state index contributed by atoms with van der Waals surface area (Å²) in [6, 6.07) is 3.33. The molecule has 2 rings (SSSR count). The second-order valence-electron chi connectivity index (χ2n) is 4.45. The lowest BCUT2D eigenvalue weighted by atomic mass is 10.2. The molecule has 0 aliphatic carbocycles. The molecule has 0 bridgehead atoms. The number of likely N-dealkylation sites (tertiary alicyclic amines) is 1. The smallest absolute Gasteiger partial charge is 0.247 e. The number of carbonyl (C=O) groups excluding carboxylic acids is 2. The summed E-state index contributed by atoms with van der Waals surface area (Å²) >= 11 is 1.55. The van der Waals surface area contributed by atoms with Crippen LogP contribution in [0.25, 0.3) is 0 Å². The molecular formula is C13H17N3O2S. The molecule has 1 aromatic rings. The third-order valence-electron chi connectivity index (χ3n) is 3.17. The lowest BCUT2D eigenvalue weighted by molar-refractivity contribution is -0.134. The Bertz CT molecular complexity index is 475. The lowest BCUT2D eigenvalue weighted by Gasteiger charge is -2.22. The zero-order valence-corrected chi connectivity index (χ0v) is 11.9. The van der Waals surface area contributed by atoms with Crippen molar-refractivity contribution >= 4 is 29.3 Å². The zero-order chi connectivity index (χ0) is 13.8. The first kappa shape index (κ1) is 13.9. The first-order chi connectivity index (χ1) is 9.11. The predicted octanol–water partition coefficient (Wildman–Crippen LogP) is 1.75. The van der Waals surface area contributed by atoms with E-state index in [4.69, 9.17) is 0 Å². The molecule has 2 heterocycles. The molecule has 2 amide bonds. The molecule has 5 nitrogen and oxygen atoms in total. The van der Waals surface area contributed by atoms with Gasteiger partial charge in [0.1, 0.15) is 6.04 Å². The maximum atomic E-state index is 12.1. The van der Waals surface area contributed by atoms with Crippen LogP contribution in [0.4, 0.5) is 5.69 Å². The van der Waals surface area contributed by atoms with Gasteiger partial charge < -0.3 is 10.2 Å². The summed E-state index contributed by atoms with van der Waals surface area (Å²) in [5, 5.41) is 3.72. The minimum Gasteiger partial charge on any atom is -0.331 e.